The summed E-state index contributed by atoms with van der Waals surface area (Å²) in [4.78, 5) is 28.1. The number of rotatable bonds is 6. The minimum absolute atomic E-state index is 0.00326. The van der Waals surface area contributed by atoms with Crippen molar-refractivity contribution in [2.24, 2.45) is 5.41 Å². The van der Waals surface area contributed by atoms with Crippen LogP contribution < -0.4 is 14.8 Å². The van der Waals surface area contributed by atoms with Crippen LogP contribution in [0.1, 0.15) is 32.3 Å². The molecule has 0 spiro atoms. The maximum Gasteiger partial charge on any atom is 0.240 e. The lowest BCUT2D eigenvalue weighted by atomic mass is 10.0. The van der Waals surface area contributed by atoms with Crippen LogP contribution in [0.5, 0.6) is 11.5 Å². The second-order valence-corrected chi connectivity index (χ2v) is 7.62. The summed E-state index contributed by atoms with van der Waals surface area (Å²) >= 11 is 0. The summed E-state index contributed by atoms with van der Waals surface area (Å²) in [5.74, 6) is 0.894. The average molecular weight is 380 g/mol. The fourth-order valence-electron chi connectivity index (χ4n) is 3.43. The Balaban J connectivity index is 1.49. The highest BCUT2D eigenvalue weighted by Gasteiger charge is 2.58. The van der Waals surface area contributed by atoms with E-state index in [0.29, 0.717) is 36.6 Å². The predicted octanol–water partition coefficient (Wildman–Crippen LogP) is 3.57. The molecule has 0 unspecified atom stereocenters. The fourth-order valence-corrected chi connectivity index (χ4v) is 3.43. The van der Waals surface area contributed by atoms with Gasteiger partial charge in [0.15, 0.2) is 11.5 Å². The van der Waals surface area contributed by atoms with E-state index < -0.39 is 5.41 Å². The molecular weight excluding hydrogens is 356 g/mol. The third kappa shape index (κ3) is 3.42. The molecule has 6 nitrogen and oxygen atoms in total. The van der Waals surface area contributed by atoms with Crippen LogP contribution in [0.2, 0.25) is 0 Å². The van der Waals surface area contributed by atoms with E-state index in [4.69, 9.17) is 9.47 Å². The maximum atomic E-state index is 13.3. The summed E-state index contributed by atoms with van der Waals surface area (Å²) in [6.07, 6.45) is 1.14. The Kier molecular flexibility index (Phi) is 4.71. The molecule has 28 heavy (non-hydrogen) atoms. The lowest BCUT2D eigenvalue weighted by molar-refractivity contribution is -0.144. The molecule has 4 rings (SSSR count). The van der Waals surface area contributed by atoms with Crippen molar-refractivity contribution in [1.82, 2.24) is 4.90 Å². The summed E-state index contributed by atoms with van der Waals surface area (Å²) in [7, 11) is 0. The van der Waals surface area contributed by atoms with Crippen molar-refractivity contribution in [3.63, 3.8) is 0 Å². The molecule has 1 heterocycles. The number of hydrogen-bond donors (Lipinski definition) is 1. The number of amides is 2. The molecule has 1 saturated carbocycles. The van der Waals surface area contributed by atoms with E-state index in [1.165, 1.54) is 0 Å². The third-order valence-electron chi connectivity index (χ3n) is 5.30. The molecule has 2 aromatic carbocycles. The van der Waals surface area contributed by atoms with Crippen molar-refractivity contribution in [3.8, 4) is 11.5 Å². The van der Waals surface area contributed by atoms with Gasteiger partial charge in [-0.2, -0.15) is 0 Å². The lowest BCUT2D eigenvalue weighted by Gasteiger charge is -2.30. The van der Waals surface area contributed by atoms with Gasteiger partial charge in [0.2, 0.25) is 18.6 Å². The Hall–Kier alpha value is -3.02. The number of nitrogens with zero attached hydrogens (tertiary/aromatic N) is 1. The zero-order valence-electron chi connectivity index (χ0n) is 16.1. The van der Waals surface area contributed by atoms with Crippen molar-refractivity contribution < 1.29 is 19.1 Å². The predicted molar refractivity (Wildman–Crippen MR) is 105 cm³/mol. The molecule has 1 aliphatic heterocycles. The molecule has 0 bridgehead atoms. The van der Waals surface area contributed by atoms with Gasteiger partial charge < -0.3 is 19.7 Å². The van der Waals surface area contributed by atoms with E-state index >= 15 is 0 Å². The van der Waals surface area contributed by atoms with Gasteiger partial charge >= 0.3 is 0 Å². The molecule has 2 aromatic rings. The van der Waals surface area contributed by atoms with E-state index in [2.05, 4.69) is 5.32 Å². The van der Waals surface area contributed by atoms with Gasteiger partial charge in [0, 0.05) is 24.3 Å². The van der Waals surface area contributed by atoms with Crippen molar-refractivity contribution in [1.29, 1.82) is 0 Å². The summed E-state index contributed by atoms with van der Waals surface area (Å²) in [5, 5.41) is 2.89. The minimum atomic E-state index is -0.977. The first-order chi connectivity index (χ1) is 13.5. The quantitative estimate of drug-likeness (QED) is 0.778. The Morgan fingerprint density at radius 3 is 2.46 bits per heavy atom. The molecule has 0 saturated heterocycles. The molecule has 2 aliphatic rings. The Morgan fingerprint density at radius 2 is 1.79 bits per heavy atom. The van der Waals surface area contributed by atoms with Crippen LogP contribution in [0.4, 0.5) is 5.69 Å². The van der Waals surface area contributed by atoms with Gasteiger partial charge in [0.1, 0.15) is 5.41 Å². The Labute approximate surface area is 164 Å². The van der Waals surface area contributed by atoms with Crippen LogP contribution in [0.3, 0.4) is 0 Å². The second kappa shape index (κ2) is 7.19. The van der Waals surface area contributed by atoms with Gasteiger partial charge in [-0.1, -0.05) is 30.3 Å². The third-order valence-corrected chi connectivity index (χ3v) is 5.30. The van der Waals surface area contributed by atoms with Crippen LogP contribution in [0, 0.1) is 5.41 Å². The van der Waals surface area contributed by atoms with E-state index in [1.807, 2.05) is 44.2 Å². The molecule has 0 aromatic heterocycles. The zero-order chi connectivity index (χ0) is 19.7. The number of carbonyl (C=O) groups is 2. The minimum Gasteiger partial charge on any atom is -0.454 e. The number of fused-ring (bicyclic) bond motifs is 1. The number of benzene rings is 2. The first-order valence-corrected chi connectivity index (χ1v) is 9.56. The highest BCUT2D eigenvalue weighted by Crippen LogP contribution is 2.49. The largest absolute Gasteiger partial charge is 0.454 e. The molecule has 0 radical (unpaired) electrons. The summed E-state index contributed by atoms with van der Waals surface area (Å²) in [6.45, 7) is 4.63. The highest BCUT2D eigenvalue weighted by atomic mass is 16.7. The Bertz CT molecular complexity index is 891. The number of carbonyl (C=O) groups excluding carboxylic acids is 2. The van der Waals surface area contributed by atoms with Crippen LogP contribution >= 0.6 is 0 Å². The van der Waals surface area contributed by atoms with E-state index in [1.54, 1.807) is 23.1 Å². The number of ether oxygens (including phenoxy) is 2. The SMILES string of the molecule is CC(C)N(Cc1ccccc1)C(=O)C1(C(=O)Nc2ccc3c(c2)OCO3)CC1. The molecule has 1 aliphatic carbocycles. The van der Waals surface area contributed by atoms with Crippen LogP contribution in [0.25, 0.3) is 0 Å². The summed E-state index contributed by atoms with van der Waals surface area (Å²) < 4.78 is 10.7. The van der Waals surface area contributed by atoms with Gasteiger partial charge in [-0.3, -0.25) is 9.59 Å². The van der Waals surface area contributed by atoms with Crippen LogP contribution in [0.15, 0.2) is 48.5 Å². The van der Waals surface area contributed by atoms with E-state index in [-0.39, 0.29) is 24.6 Å². The Morgan fingerprint density at radius 1 is 1.07 bits per heavy atom. The molecular formula is C22H24N2O4. The fraction of sp³-hybridized carbons (Fsp3) is 0.364. The summed E-state index contributed by atoms with van der Waals surface area (Å²) in [5.41, 5.74) is 0.680. The number of hydrogen-bond acceptors (Lipinski definition) is 4. The zero-order valence-corrected chi connectivity index (χ0v) is 16.1. The standard InChI is InChI=1S/C22H24N2O4/c1-15(2)24(13-16-6-4-3-5-7-16)21(26)22(10-11-22)20(25)23-17-8-9-18-19(12-17)28-14-27-18/h3-9,12,15H,10-11,13-14H2,1-2H3,(H,23,25). The van der Waals surface area contributed by atoms with Gasteiger partial charge in [-0.25, -0.2) is 0 Å². The molecule has 6 heteroatoms. The molecule has 146 valence electrons. The van der Waals surface area contributed by atoms with Gasteiger partial charge in [-0.15, -0.1) is 0 Å². The highest BCUT2D eigenvalue weighted by molar-refractivity contribution is 6.13. The van der Waals surface area contributed by atoms with Crippen molar-refractivity contribution in [2.45, 2.75) is 39.3 Å². The van der Waals surface area contributed by atoms with Gasteiger partial charge in [-0.05, 0) is 44.4 Å². The van der Waals surface area contributed by atoms with Crippen LogP contribution in [-0.2, 0) is 16.1 Å². The topological polar surface area (TPSA) is 67.9 Å². The summed E-state index contributed by atoms with van der Waals surface area (Å²) in [6, 6.07) is 15.1. The normalized spacial score (nSPS) is 16.0. The molecule has 0 atom stereocenters. The van der Waals surface area contributed by atoms with Gasteiger partial charge in [0.25, 0.3) is 0 Å². The van der Waals surface area contributed by atoms with Crippen molar-refractivity contribution in [3.05, 3.63) is 54.1 Å². The number of anilines is 1. The first-order valence-electron chi connectivity index (χ1n) is 9.56. The molecule has 1 N–H and O–H groups in total. The average Bonchev–Trinajstić information content (AvgIpc) is 3.38. The maximum absolute atomic E-state index is 13.3. The van der Waals surface area contributed by atoms with Crippen molar-refractivity contribution >= 4 is 17.5 Å². The first kappa shape index (κ1) is 18.3. The lowest BCUT2D eigenvalue weighted by Crippen LogP contribution is -2.45. The number of nitrogens with one attached hydrogen (secondary N) is 1. The van der Waals surface area contributed by atoms with E-state index in [9.17, 15) is 9.59 Å². The van der Waals surface area contributed by atoms with Crippen LogP contribution in [-0.4, -0.2) is 29.5 Å². The smallest absolute Gasteiger partial charge is 0.240 e. The molecule has 2 amide bonds. The van der Waals surface area contributed by atoms with Gasteiger partial charge in [0.05, 0.1) is 0 Å². The van der Waals surface area contributed by atoms with Crippen molar-refractivity contribution in [2.75, 3.05) is 12.1 Å². The second-order valence-electron chi connectivity index (χ2n) is 7.62. The van der Waals surface area contributed by atoms with E-state index in [0.717, 1.165) is 5.56 Å². The monoisotopic (exact) mass is 380 g/mol. The molecule has 1 fully saturated rings.